The summed E-state index contributed by atoms with van der Waals surface area (Å²) in [6.07, 6.45) is 3.17. The number of anilines is 1. The quantitative estimate of drug-likeness (QED) is 0.878. The molecule has 1 heterocycles. The molecular weight excluding hydrogens is 292 g/mol. The summed E-state index contributed by atoms with van der Waals surface area (Å²) in [6.45, 7) is 3.87. The van der Waals surface area contributed by atoms with Crippen molar-refractivity contribution >= 4 is 22.9 Å². The molecule has 0 radical (unpaired) electrons. The Hall–Kier alpha value is -1.65. The second-order valence-corrected chi connectivity index (χ2v) is 6.71. The van der Waals surface area contributed by atoms with Crippen molar-refractivity contribution in [2.24, 2.45) is 0 Å². The van der Waals surface area contributed by atoms with Crippen molar-refractivity contribution in [1.29, 1.82) is 0 Å². The van der Waals surface area contributed by atoms with Gasteiger partial charge in [-0.1, -0.05) is 19.1 Å². The van der Waals surface area contributed by atoms with E-state index in [0.29, 0.717) is 0 Å². The van der Waals surface area contributed by atoms with Crippen LogP contribution in [0.1, 0.15) is 41.7 Å². The van der Waals surface area contributed by atoms with Gasteiger partial charge in [0.05, 0.1) is 5.92 Å². The summed E-state index contributed by atoms with van der Waals surface area (Å²) in [5.41, 5.74) is 3.32. The Balaban J connectivity index is 1.70. The predicted octanol–water partition coefficient (Wildman–Crippen LogP) is 3.92. The van der Waals surface area contributed by atoms with E-state index in [-0.39, 0.29) is 11.8 Å². The first-order valence-corrected chi connectivity index (χ1v) is 8.82. The summed E-state index contributed by atoms with van der Waals surface area (Å²) in [5, 5.41) is 8.51. The third kappa shape index (κ3) is 3.39. The molecule has 0 saturated carbocycles. The SMILES string of the molecule is CCNCc1cccc(NC(=O)C2CCCc3sccc32)c1. The summed E-state index contributed by atoms with van der Waals surface area (Å²) in [6, 6.07) is 10.2. The Morgan fingerprint density at radius 2 is 2.27 bits per heavy atom. The summed E-state index contributed by atoms with van der Waals surface area (Å²) in [5.74, 6) is 0.132. The minimum Gasteiger partial charge on any atom is -0.326 e. The van der Waals surface area contributed by atoms with E-state index in [4.69, 9.17) is 0 Å². The van der Waals surface area contributed by atoms with Gasteiger partial charge in [-0.15, -0.1) is 11.3 Å². The van der Waals surface area contributed by atoms with Gasteiger partial charge in [-0.3, -0.25) is 4.79 Å². The number of hydrogen-bond acceptors (Lipinski definition) is 3. The van der Waals surface area contributed by atoms with Gasteiger partial charge in [-0.2, -0.15) is 0 Å². The lowest BCUT2D eigenvalue weighted by molar-refractivity contribution is -0.117. The maximum absolute atomic E-state index is 12.6. The lowest BCUT2D eigenvalue weighted by atomic mass is 9.87. The summed E-state index contributed by atoms with van der Waals surface area (Å²) < 4.78 is 0. The van der Waals surface area contributed by atoms with Gasteiger partial charge in [0.2, 0.25) is 5.91 Å². The van der Waals surface area contributed by atoms with Gasteiger partial charge in [0.1, 0.15) is 0 Å². The number of thiophene rings is 1. The number of nitrogens with one attached hydrogen (secondary N) is 2. The number of benzene rings is 1. The zero-order chi connectivity index (χ0) is 15.4. The lowest BCUT2D eigenvalue weighted by Crippen LogP contribution is -2.24. The monoisotopic (exact) mass is 314 g/mol. The maximum atomic E-state index is 12.6. The fourth-order valence-corrected chi connectivity index (χ4v) is 4.00. The molecular formula is C18H22N2OS. The normalized spacial score (nSPS) is 17.0. The standard InChI is InChI=1S/C18H22N2OS/c1-2-19-12-13-5-3-6-14(11-13)20-18(21)16-7-4-8-17-15(16)9-10-22-17/h3,5-6,9-11,16,19H,2,4,7-8,12H2,1H3,(H,20,21). The fraction of sp³-hybridized carbons (Fsp3) is 0.389. The van der Waals surface area contributed by atoms with Crippen LogP contribution in [0.25, 0.3) is 0 Å². The molecule has 1 aromatic heterocycles. The van der Waals surface area contributed by atoms with E-state index in [0.717, 1.165) is 38.0 Å². The highest BCUT2D eigenvalue weighted by molar-refractivity contribution is 7.10. The summed E-state index contributed by atoms with van der Waals surface area (Å²) in [4.78, 5) is 14.0. The number of rotatable bonds is 5. The van der Waals surface area contributed by atoms with Crippen LogP contribution in [-0.4, -0.2) is 12.5 Å². The van der Waals surface area contributed by atoms with E-state index in [2.05, 4.69) is 41.1 Å². The summed E-state index contributed by atoms with van der Waals surface area (Å²) in [7, 11) is 0. The van der Waals surface area contributed by atoms with E-state index in [1.54, 1.807) is 11.3 Å². The summed E-state index contributed by atoms with van der Waals surface area (Å²) >= 11 is 1.78. The van der Waals surface area contributed by atoms with Crippen molar-refractivity contribution < 1.29 is 4.79 Å². The van der Waals surface area contributed by atoms with Gasteiger partial charge in [0, 0.05) is 17.1 Å². The zero-order valence-corrected chi connectivity index (χ0v) is 13.7. The van der Waals surface area contributed by atoms with Crippen LogP contribution < -0.4 is 10.6 Å². The van der Waals surface area contributed by atoms with Gasteiger partial charge in [-0.05, 0) is 60.5 Å². The van der Waals surface area contributed by atoms with Crippen LogP contribution in [0, 0.1) is 0 Å². The van der Waals surface area contributed by atoms with Crippen LogP contribution in [0.2, 0.25) is 0 Å². The minimum atomic E-state index is 0.00687. The highest BCUT2D eigenvalue weighted by atomic mass is 32.1. The van der Waals surface area contributed by atoms with Gasteiger partial charge in [-0.25, -0.2) is 0 Å². The Morgan fingerprint density at radius 3 is 3.14 bits per heavy atom. The van der Waals surface area contributed by atoms with Crippen LogP contribution >= 0.6 is 11.3 Å². The number of carbonyl (C=O) groups is 1. The number of hydrogen-bond donors (Lipinski definition) is 2. The first kappa shape index (κ1) is 15.3. The molecule has 1 amide bonds. The van der Waals surface area contributed by atoms with Crippen LogP contribution in [0.3, 0.4) is 0 Å². The third-order valence-corrected chi connectivity index (χ3v) is 5.14. The molecule has 0 aliphatic heterocycles. The van der Waals surface area contributed by atoms with E-state index < -0.39 is 0 Å². The largest absolute Gasteiger partial charge is 0.326 e. The molecule has 4 heteroatoms. The van der Waals surface area contributed by atoms with E-state index >= 15 is 0 Å². The third-order valence-electron chi connectivity index (χ3n) is 4.14. The number of carbonyl (C=O) groups excluding carboxylic acids is 1. The molecule has 1 aliphatic carbocycles. The molecule has 1 unspecified atom stereocenters. The minimum absolute atomic E-state index is 0.00687. The van der Waals surface area contributed by atoms with Crippen LogP contribution in [0.5, 0.6) is 0 Å². The fourth-order valence-electron chi connectivity index (χ4n) is 3.02. The number of fused-ring (bicyclic) bond motifs is 1. The Morgan fingerprint density at radius 1 is 1.36 bits per heavy atom. The van der Waals surface area contributed by atoms with E-state index in [1.165, 1.54) is 16.0 Å². The topological polar surface area (TPSA) is 41.1 Å². The van der Waals surface area contributed by atoms with Gasteiger partial charge in [0.15, 0.2) is 0 Å². The van der Waals surface area contributed by atoms with Crippen LogP contribution in [0.4, 0.5) is 5.69 Å². The molecule has 116 valence electrons. The lowest BCUT2D eigenvalue weighted by Gasteiger charge is -2.22. The Bertz CT molecular complexity index is 650. The van der Waals surface area contributed by atoms with Crippen molar-refractivity contribution in [3.63, 3.8) is 0 Å². The molecule has 1 aromatic carbocycles. The van der Waals surface area contributed by atoms with Crippen molar-refractivity contribution in [3.8, 4) is 0 Å². The highest BCUT2D eigenvalue weighted by Gasteiger charge is 2.27. The molecule has 0 bridgehead atoms. The van der Waals surface area contributed by atoms with E-state index in [9.17, 15) is 4.79 Å². The predicted molar refractivity (Wildman–Crippen MR) is 92.5 cm³/mol. The van der Waals surface area contributed by atoms with Gasteiger partial charge < -0.3 is 10.6 Å². The van der Waals surface area contributed by atoms with Crippen molar-refractivity contribution in [3.05, 3.63) is 51.7 Å². The zero-order valence-electron chi connectivity index (χ0n) is 12.9. The molecule has 3 nitrogen and oxygen atoms in total. The molecule has 0 spiro atoms. The van der Waals surface area contributed by atoms with Gasteiger partial charge >= 0.3 is 0 Å². The van der Waals surface area contributed by atoms with Crippen molar-refractivity contribution in [2.45, 2.75) is 38.6 Å². The molecule has 0 fully saturated rings. The average molecular weight is 314 g/mol. The molecule has 3 rings (SSSR count). The van der Waals surface area contributed by atoms with Crippen LogP contribution in [-0.2, 0) is 17.8 Å². The van der Waals surface area contributed by atoms with Gasteiger partial charge in [0.25, 0.3) is 0 Å². The molecule has 2 N–H and O–H groups in total. The second-order valence-electron chi connectivity index (χ2n) is 5.71. The van der Waals surface area contributed by atoms with Crippen LogP contribution in [0.15, 0.2) is 35.7 Å². The van der Waals surface area contributed by atoms with E-state index in [1.807, 2.05) is 12.1 Å². The van der Waals surface area contributed by atoms with Crippen molar-refractivity contribution in [1.82, 2.24) is 5.32 Å². The molecule has 2 aromatic rings. The maximum Gasteiger partial charge on any atom is 0.231 e. The number of aryl methyl sites for hydroxylation is 1. The second kappa shape index (κ2) is 7.07. The molecule has 0 saturated heterocycles. The molecule has 1 atom stereocenters. The smallest absolute Gasteiger partial charge is 0.231 e. The first-order chi connectivity index (χ1) is 10.8. The molecule has 22 heavy (non-hydrogen) atoms. The Kier molecular flexibility index (Phi) is 4.90. The Labute approximate surface area is 135 Å². The first-order valence-electron chi connectivity index (χ1n) is 7.94. The van der Waals surface area contributed by atoms with Crippen molar-refractivity contribution in [2.75, 3.05) is 11.9 Å². The number of amides is 1. The molecule has 1 aliphatic rings. The average Bonchev–Trinajstić information content (AvgIpc) is 3.01. The highest BCUT2D eigenvalue weighted by Crippen LogP contribution is 2.35.